The normalized spacial score (nSPS) is 10.4. The van der Waals surface area contributed by atoms with Crippen LogP contribution in [0.2, 0.25) is 0 Å². The molecule has 22 heavy (non-hydrogen) atoms. The lowest BCUT2D eigenvalue weighted by atomic mass is 10.2. The maximum Gasteiger partial charge on any atom is 0.303 e. The molecule has 2 N–H and O–H groups in total. The highest BCUT2D eigenvalue weighted by molar-refractivity contribution is 5.75. The minimum absolute atomic E-state index is 0.0293. The van der Waals surface area contributed by atoms with Gasteiger partial charge in [0.25, 0.3) is 5.56 Å². The van der Waals surface area contributed by atoms with Crippen molar-refractivity contribution in [2.75, 3.05) is 6.54 Å². The number of carbonyl (C=O) groups is 2. The Kier molecular flexibility index (Phi) is 7.96. The predicted octanol–water partition coefficient (Wildman–Crippen LogP) is 1.70. The standard InChI is InChI=1S/C16H24N2O4/c1-13-8-11-18(15(20)12-13)10-5-6-14(19)17-9-4-2-3-7-16(21)22/h8,11-12H,2-7,9-10H2,1H3,(H,17,19)(H,21,22). The maximum absolute atomic E-state index is 11.7. The van der Waals surface area contributed by atoms with Gasteiger partial charge in [-0.3, -0.25) is 14.4 Å². The molecule has 0 aliphatic heterocycles. The van der Waals surface area contributed by atoms with E-state index in [0.717, 1.165) is 18.4 Å². The monoisotopic (exact) mass is 308 g/mol. The third-order valence-corrected chi connectivity index (χ3v) is 3.34. The second-order valence-electron chi connectivity index (χ2n) is 5.39. The zero-order valence-electron chi connectivity index (χ0n) is 13.0. The number of unbranched alkanes of at least 4 members (excludes halogenated alkanes) is 2. The van der Waals surface area contributed by atoms with E-state index in [0.29, 0.717) is 32.4 Å². The zero-order valence-corrected chi connectivity index (χ0v) is 13.0. The van der Waals surface area contributed by atoms with Crippen molar-refractivity contribution in [1.29, 1.82) is 0 Å². The van der Waals surface area contributed by atoms with Crippen molar-refractivity contribution in [3.05, 3.63) is 34.2 Å². The molecule has 1 aromatic heterocycles. The molecule has 0 atom stereocenters. The largest absolute Gasteiger partial charge is 0.481 e. The molecule has 0 radical (unpaired) electrons. The van der Waals surface area contributed by atoms with Gasteiger partial charge in [-0.2, -0.15) is 0 Å². The second-order valence-corrected chi connectivity index (χ2v) is 5.39. The molecule has 0 aliphatic rings. The Balaban J connectivity index is 2.11. The number of carbonyl (C=O) groups excluding carboxylic acids is 1. The summed E-state index contributed by atoms with van der Waals surface area (Å²) in [6.45, 7) is 2.98. The Morgan fingerprint density at radius 2 is 1.95 bits per heavy atom. The van der Waals surface area contributed by atoms with E-state index in [1.807, 2.05) is 13.0 Å². The van der Waals surface area contributed by atoms with Crippen LogP contribution >= 0.6 is 0 Å². The molecule has 0 saturated carbocycles. The van der Waals surface area contributed by atoms with Gasteiger partial charge in [0.2, 0.25) is 5.91 Å². The van der Waals surface area contributed by atoms with Gasteiger partial charge in [0.1, 0.15) is 0 Å². The summed E-state index contributed by atoms with van der Waals surface area (Å²) in [7, 11) is 0. The molecule has 0 bridgehead atoms. The molecule has 6 nitrogen and oxygen atoms in total. The van der Waals surface area contributed by atoms with Crippen molar-refractivity contribution >= 4 is 11.9 Å². The molecule has 6 heteroatoms. The molecule has 1 amide bonds. The zero-order chi connectivity index (χ0) is 16.4. The first-order valence-electron chi connectivity index (χ1n) is 7.64. The second kappa shape index (κ2) is 9.76. The number of aliphatic carboxylic acids is 1. The first-order valence-corrected chi connectivity index (χ1v) is 7.64. The summed E-state index contributed by atoms with van der Waals surface area (Å²) < 4.78 is 1.60. The van der Waals surface area contributed by atoms with Crippen LogP contribution in [-0.2, 0) is 16.1 Å². The number of amides is 1. The van der Waals surface area contributed by atoms with Crippen molar-refractivity contribution in [1.82, 2.24) is 9.88 Å². The number of nitrogens with zero attached hydrogens (tertiary/aromatic N) is 1. The number of hydrogen-bond donors (Lipinski definition) is 2. The van der Waals surface area contributed by atoms with Gasteiger partial charge in [0, 0.05) is 38.2 Å². The Labute approximate surface area is 130 Å². The smallest absolute Gasteiger partial charge is 0.303 e. The van der Waals surface area contributed by atoms with Crippen molar-refractivity contribution in [3.8, 4) is 0 Å². The fraction of sp³-hybridized carbons (Fsp3) is 0.562. The topological polar surface area (TPSA) is 88.4 Å². The van der Waals surface area contributed by atoms with Gasteiger partial charge in [-0.1, -0.05) is 6.42 Å². The van der Waals surface area contributed by atoms with Crippen LogP contribution in [0, 0.1) is 6.92 Å². The maximum atomic E-state index is 11.7. The third kappa shape index (κ3) is 7.61. The fourth-order valence-corrected chi connectivity index (χ4v) is 2.10. The summed E-state index contributed by atoms with van der Waals surface area (Å²) >= 11 is 0. The molecule has 0 aliphatic carbocycles. The van der Waals surface area contributed by atoms with Crippen LogP contribution < -0.4 is 10.9 Å². The highest BCUT2D eigenvalue weighted by Gasteiger charge is 2.02. The van der Waals surface area contributed by atoms with Crippen LogP contribution in [-0.4, -0.2) is 28.1 Å². The molecule has 0 aromatic carbocycles. The molecule has 1 rings (SSSR count). The van der Waals surface area contributed by atoms with E-state index < -0.39 is 5.97 Å². The Hall–Kier alpha value is -2.11. The Bertz CT molecular complexity index is 551. The van der Waals surface area contributed by atoms with E-state index in [-0.39, 0.29) is 17.9 Å². The molecule has 1 aromatic rings. The SMILES string of the molecule is Cc1ccn(CCCC(=O)NCCCCCC(=O)O)c(=O)c1. The lowest BCUT2D eigenvalue weighted by Crippen LogP contribution is -2.25. The molecule has 122 valence electrons. The molecule has 0 saturated heterocycles. The summed E-state index contributed by atoms with van der Waals surface area (Å²) in [6, 6.07) is 3.45. The van der Waals surface area contributed by atoms with Gasteiger partial charge in [0.15, 0.2) is 0 Å². The number of rotatable bonds is 10. The van der Waals surface area contributed by atoms with E-state index in [1.54, 1.807) is 16.8 Å². The fourth-order valence-electron chi connectivity index (χ4n) is 2.10. The van der Waals surface area contributed by atoms with Crippen LogP contribution in [0.1, 0.15) is 44.1 Å². The summed E-state index contributed by atoms with van der Waals surface area (Å²) in [4.78, 5) is 33.6. The number of pyridine rings is 1. The summed E-state index contributed by atoms with van der Waals surface area (Å²) in [5, 5.41) is 11.3. The summed E-state index contributed by atoms with van der Waals surface area (Å²) in [5.41, 5.74) is 0.890. The number of carboxylic acids is 1. The van der Waals surface area contributed by atoms with Gasteiger partial charge in [-0.15, -0.1) is 0 Å². The van der Waals surface area contributed by atoms with E-state index in [1.165, 1.54) is 0 Å². The van der Waals surface area contributed by atoms with Gasteiger partial charge in [0.05, 0.1) is 0 Å². The van der Waals surface area contributed by atoms with Gasteiger partial charge < -0.3 is 15.0 Å². The summed E-state index contributed by atoms with van der Waals surface area (Å²) in [6.07, 6.45) is 5.16. The highest BCUT2D eigenvalue weighted by Crippen LogP contribution is 1.99. The van der Waals surface area contributed by atoms with Crippen molar-refractivity contribution in [2.45, 2.75) is 52.0 Å². The van der Waals surface area contributed by atoms with E-state index >= 15 is 0 Å². The average molecular weight is 308 g/mol. The minimum atomic E-state index is -0.782. The van der Waals surface area contributed by atoms with Crippen LogP contribution in [0.3, 0.4) is 0 Å². The Morgan fingerprint density at radius 1 is 1.18 bits per heavy atom. The van der Waals surface area contributed by atoms with Crippen molar-refractivity contribution in [2.24, 2.45) is 0 Å². The van der Waals surface area contributed by atoms with Crippen molar-refractivity contribution < 1.29 is 14.7 Å². The molecular weight excluding hydrogens is 284 g/mol. The number of carboxylic acid groups (broad SMARTS) is 1. The number of hydrogen-bond acceptors (Lipinski definition) is 3. The predicted molar refractivity (Wildman–Crippen MR) is 83.8 cm³/mol. The molecular formula is C16H24N2O4. The lowest BCUT2D eigenvalue weighted by Gasteiger charge is -2.07. The first-order chi connectivity index (χ1) is 10.5. The van der Waals surface area contributed by atoms with Crippen LogP contribution in [0.25, 0.3) is 0 Å². The first kappa shape index (κ1) is 17.9. The van der Waals surface area contributed by atoms with Gasteiger partial charge in [-0.05, 0) is 37.8 Å². The van der Waals surface area contributed by atoms with Crippen LogP contribution in [0.15, 0.2) is 23.1 Å². The summed E-state index contributed by atoms with van der Waals surface area (Å²) in [5.74, 6) is -0.811. The van der Waals surface area contributed by atoms with E-state index in [2.05, 4.69) is 5.32 Å². The van der Waals surface area contributed by atoms with E-state index in [4.69, 9.17) is 5.11 Å². The molecule has 0 unspecified atom stereocenters. The van der Waals surface area contributed by atoms with E-state index in [9.17, 15) is 14.4 Å². The molecule has 0 fully saturated rings. The quantitative estimate of drug-likeness (QED) is 0.644. The number of aromatic nitrogens is 1. The number of aryl methyl sites for hydroxylation is 2. The van der Waals surface area contributed by atoms with Crippen LogP contribution in [0.4, 0.5) is 0 Å². The van der Waals surface area contributed by atoms with Crippen LogP contribution in [0.5, 0.6) is 0 Å². The Morgan fingerprint density at radius 3 is 2.64 bits per heavy atom. The minimum Gasteiger partial charge on any atom is -0.481 e. The number of nitrogens with one attached hydrogen (secondary N) is 1. The van der Waals surface area contributed by atoms with Gasteiger partial charge >= 0.3 is 5.97 Å². The van der Waals surface area contributed by atoms with Gasteiger partial charge in [-0.25, -0.2) is 0 Å². The van der Waals surface area contributed by atoms with Crippen molar-refractivity contribution in [3.63, 3.8) is 0 Å². The average Bonchev–Trinajstić information content (AvgIpc) is 2.44. The molecule has 0 spiro atoms. The third-order valence-electron chi connectivity index (χ3n) is 3.34. The highest BCUT2D eigenvalue weighted by atomic mass is 16.4. The molecule has 1 heterocycles. The lowest BCUT2D eigenvalue weighted by molar-refractivity contribution is -0.137.